The van der Waals surface area contributed by atoms with Crippen molar-refractivity contribution in [2.24, 2.45) is 0 Å². The van der Waals surface area contributed by atoms with Gasteiger partial charge in [-0.2, -0.15) is 0 Å². The summed E-state index contributed by atoms with van der Waals surface area (Å²) in [7, 11) is 0. The second-order valence-electron chi connectivity index (χ2n) is 2.73. The van der Waals surface area contributed by atoms with E-state index in [2.05, 4.69) is 60.1 Å². The van der Waals surface area contributed by atoms with E-state index in [0.717, 1.165) is 0 Å². The summed E-state index contributed by atoms with van der Waals surface area (Å²) in [5.74, 6) is 0. The average Bonchev–Trinajstić information content (AvgIpc) is 2.05. The largest absolute Gasteiger partial charge is 0.139 e. The zero-order valence-corrected chi connectivity index (χ0v) is 9.73. The van der Waals surface area contributed by atoms with Crippen molar-refractivity contribution < 1.29 is 0 Å². The summed E-state index contributed by atoms with van der Waals surface area (Å²) in [5.41, 5.74) is 1.40. The van der Waals surface area contributed by atoms with Crippen LogP contribution in [0.25, 0.3) is 0 Å². The molecule has 1 aromatic carbocycles. The van der Waals surface area contributed by atoms with Gasteiger partial charge in [-0.1, -0.05) is 46.3 Å². The number of rotatable bonds is 3. The molecule has 0 spiro atoms. The van der Waals surface area contributed by atoms with Gasteiger partial charge >= 0.3 is 0 Å². The van der Waals surface area contributed by atoms with Crippen LogP contribution in [-0.2, 0) is 0 Å². The fraction of sp³-hybridized carbons (Fsp3) is 0.400. The molecule has 0 fully saturated rings. The highest BCUT2D eigenvalue weighted by molar-refractivity contribution is 9.11. The van der Waals surface area contributed by atoms with E-state index < -0.39 is 0 Å². The number of hydrogen-bond donors (Lipinski definition) is 0. The standard InChI is InChI=1S/C10H13BrS/c1-8(12-9(2)11)10-6-4-3-5-7-10/h3-9H,1-2H3/t8-,9+/m1/s1. The maximum absolute atomic E-state index is 3.54. The van der Waals surface area contributed by atoms with Gasteiger partial charge in [0.05, 0.1) is 4.16 Å². The molecule has 0 radical (unpaired) electrons. The second-order valence-corrected chi connectivity index (χ2v) is 6.40. The molecule has 66 valence electrons. The number of hydrogen-bond acceptors (Lipinski definition) is 1. The number of benzene rings is 1. The van der Waals surface area contributed by atoms with Gasteiger partial charge < -0.3 is 0 Å². The van der Waals surface area contributed by atoms with Crippen molar-refractivity contribution in [3.05, 3.63) is 35.9 Å². The molecule has 0 saturated carbocycles. The van der Waals surface area contributed by atoms with Crippen molar-refractivity contribution in [2.75, 3.05) is 0 Å². The van der Waals surface area contributed by atoms with E-state index in [1.54, 1.807) is 0 Å². The molecule has 0 unspecified atom stereocenters. The Morgan fingerprint density at radius 2 is 1.75 bits per heavy atom. The third kappa shape index (κ3) is 3.20. The van der Waals surface area contributed by atoms with Gasteiger partial charge in [0.25, 0.3) is 0 Å². The molecular weight excluding hydrogens is 232 g/mol. The Hall–Kier alpha value is 0.0500. The van der Waals surface area contributed by atoms with Crippen LogP contribution in [0, 0.1) is 0 Å². The highest BCUT2D eigenvalue weighted by Crippen LogP contribution is 2.33. The predicted octanol–water partition coefficient (Wildman–Crippen LogP) is 4.22. The molecule has 1 aromatic rings. The molecule has 0 aliphatic rings. The quantitative estimate of drug-likeness (QED) is 0.718. The summed E-state index contributed by atoms with van der Waals surface area (Å²) in [6.07, 6.45) is 0. The minimum atomic E-state index is 0.521. The summed E-state index contributed by atoms with van der Waals surface area (Å²) in [5, 5.41) is 0.570. The molecule has 0 saturated heterocycles. The Labute approximate surface area is 86.9 Å². The van der Waals surface area contributed by atoms with Crippen LogP contribution in [0.4, 0.5) is 0 Å². The maximum atomic E-state index is 3.54. The lowest BCUT2D eigenvalue weighted by molar-refractivity contribution is 1.09. The van der Waals surface area contributed by atoms with Crippen molar-refractivity contribution in [3.8, 4) is 0 Å². The summed E-state index contributed by atoms with van der Waals surface area (Å²) in [6.45, 7) is 4.39. The van der Waals surface area contributed by atoms with Gasteiger partial charge in [0.15, 0.2) is 0 Å². The van der Waals surface area contributed by atoms with Gasteiger partial charge in [0.1, 0.15) is 0 Å². The first-order valence-corrected chi connectivity index (χ1v) is 5.90. The van der Waals surface area contributed by atoms with Gasteiger partial charge in [-0.15, -0.1) is 11.8 Å². The third-order valence-electron chi connectivity index (χ3n) is 1.66. The van der Waals surface area contributed by atoms with Crippen LogP contribution < -0.4 is 0 Å². The molecule has 0 aromatic heterocycles. The zero-order valence-electron chi connectivity index (χ0n) is 7.33. The molecule has 0 aliphatic carbocycles. The van der Waals surface area contributed by atoms with Crippen LogP contribution in [0.3, 0.4) is 0 Å². The lowest BCUT2D eigenvalue weighted by atomic mass is 10.2. The molecule has 0 amide bonds. The minimum Gasteiger partial charge on any atom is -0.139 e. The Morgan fingerprint density at radius 3 is 2.25 bits per heavy atom. The van der Waals surface area contributed by atoms with E-state index >= 15 is 0 Å². The molecular formula is C10H13BrS. The maximum Gasteiger partial charge on any atom is 0.0578 e. The third-order valence-corrected chi connectivity index (χ3v) is 3.36. The lowest BCUT2D eigenvalue weighted by Gasteiger charge is -2.12. The van der Waals surface area contributed by atoms with E-state index in [-0.39, 0.29) is 0 Å². The highest BCUT2D eigenvalue weighted by Gasteiger charge is 2.07. The van der Waals surface area contributed by atoms with Crippen LogP contribution >= 0.6 is 27.7 Å². The van der Waals surface area contributed by atoms with Gasteiger partial charge in [0, 0.05) is 5.25 Å². The van der Waals surface area contributed by atoms with Crippen LogP contribution in [0.15, 0.2) is 30.3 Å². The Bertz CT molecular complexity index is 221. The van der Waals surface area contributed by atoms with Crippen molar-refractivity contribution in [1.82, 2.24) is 0 Å². The van der Waals surface area contributed by atoms with Crippen molar-refractivity contribution in [1.29, 1.82) is 0 Å². The molecule has 0 bridgehead atoms. The first-order valence-electron chi connectivity index (χ1n) is 4.04. The fourth-order valence-corrected chi connectivity index (χ4v) is 2.93. The summed E-state index contributed by atoms with van der Waals surface area (Å²) in [6, 6.07) is 10.6. The van der Waals surface area contributed by atoms with E-state index in [1.807, 2.05) is 11.8 Å². The zero-order chi connectivity index (χ0) is 8.97. The van der Waals surface area contributed by atoms with E-state index in [9.17, 15) is 0 Å². The van der Waals surface area contributed by atoms with Crippen LogP contribution in [0.2, 0.25) is 0 Å². The Balaban J connectivity index is 2.59. The number of alkyl halides is 1. The summed E-state index contributed by atoms with van der Waals surface area (Å²) < 4.78 is 0.521. The van der Waals surface area contributed by atoms with Gasteiger partial charge in [-0.05, 0) is 19.4 Å². The van der Waals surface area contributed by atoms with Crippen LogP contribution in [-0.4, -0.2) is 4.16 Å². The number of halogens is 1. The van der Waals surface area contributed by atoms with Crippen molar-refractivity contribution in [2.45, 2.75) is 23.3 Å². The monoisotopic (exact) mass is 244 g/mol. The topological polar surface area (TPSA) is 0 Å². The van der Waals surface area contributed by atoms with E-state index in [1.165, 1.54) is 5.56 Å². The van der Waals surface area contributed by atoms with Crippen molar-refractivity contribution >= 4 is 27.7 Å². The van der Waals surface area contributed by atoms with Crippen molar-refractivity contribution in [3.63, 3.8) is 0 Å². The molecule has 1 rings (SSSR count). The van der Waals surface area contributed by atoms with Crippen LogP contribution in [0.5, 0.6) is 0 Å². The Morgan fingerprint density at radius 1 is 1.17 bits per heavy atom. The molecule has 2 atom stereocenters. The average molecular weight is 245 g/mol. The predicted molar refractivity (Wildman–Crippen MR) is 60.8 cm³/mol. The minimum absolute atomic E-state index is 0.521. The molecule has 12 heavy (non-hydrogen) atoms. The fourth-order valence-electron chi connectivity index (χ4n) is 1.08. The van der Waals surface area contributed by atoms with Gasteiger partial charge in [-0.25, -0.2) is 0 Å². The summed E-state index contributed by atoms with van der Waals surface area (Å²) in [4.78, 5) is 0. The van der Waals surface area contributed by atoms with Gasteiger partial charge in [0.2, 0.25) is 0 Å². The Kier molecular flexibility index (Phi) is 4.16. The molecule has 0 N–H and O–H groups in total. The molecule has 0 aliphatic heterocycles. The lowest BCUT2D eigenvalue weighted by Crippen LogP contribution is -1.91. The highest BCUT2D eigenvalue weighted by atomic mass is 79.9. The molecule has 2 heteroatoms. The SMILES string of the molecule is C[C@@H](Br)S[C@H](C)c1ccccc1. The van der Waals surface area contributed by atoms with Crippen LogP contribution in [0.1, 0.15) is 24.7 Å². The summed E-state index contributed by atoms with van der Waals surface area (Å²) >= 11 is 5.46. The molecule has 0 nitrogen and oxygen atoms in total. The first-order chi connectivity index (χ1) is 5.70. The number of thioether (sulfide) groups is 1. The van der Waals surface area contributed by atoms with E-state index in [4.69, 9.17) is 0 Å². The second kappa shape index (κ2) is 4.93. The first kappa shape index (κ1) is 10.1. The van der Waals surface area contributed by atoms with E-state index in [0.29, 0.717) is 9.41 Å². The van der Waals surface area contributed by atoms with Gasteiger partial charge in [-0.3, -0.25) is 0 Å². The smallest absolute Gasteiger partial charge is 0.0578 e. The normalized spacial score (nSPS) is 15.6. The molecule has 0 heterocycles.